The first-order chi connectivity index (χ1) is 25.2. The van der Waals surface area contributed by atoms with Crippen LogP contribution in [0.25, 0.3) is 0 Å². The van der Waals surface area contributed by atoms with Gasteiger partial charge in [0.2, 0.25) is 5.91 Å². The number of rotatable bonds is 40. The first-order valence-electron chi connectivity index (χ1n) is 22.4. The standard InChI is InChI=1S/C47H87NO3/c1-3-5-7-9-11-13-15-17-18-19-20-21-22-23-24-25-26-27-28-29-31-32-34-36-38-40-42-46(50)45(44-49)48-47(51)43-41-39-37-35-33-30-16-14-12-10-8-6-4-2/h14,16,27-28,32,34,40,42,45-46,49-50H,3-13,15,17-26,29-31,33,35-39,41,43-44H2,1-2H3,(H,48,51)/b16-14-,28-27+,34-32+,42-40+. The van der Waals surface area contributed by atoms with E-state index in [0.717, 1.165) is 51.4 Å². The Morgan fingerprint density at radius 2 is 0.765 bits per heavy atom. The van der Waals surface area contributed by atoms with E-state index in [1.165, 1.54) is 154 Å². The molecule has 0 aliphatic rings. The predicted octanol–water partition coefficient (Wildman–Crippen LogP) is 14.0. The van der Waals surface area contributed by atoms with Crippen LogP contribution in [-0.2, 0) is 4.79 Å². The highest BCUT2D eigenvalue weighted by Crippen LogP contribution is 2.15. The van der Waals surface area contributed by atoms with Gasteiger partial charge in [-0.3, -0.25) is 4.79 Å². The number of hydrogen-bond acceptors (Lipinski definition) is 3. The largest absolute Gasteiger partial charge is 0.394 e. The van der Waals surface area contributed by atoms with Crippen LogP contribution in [0.5, 0.6) is 0 Å². The molecule has 0 spiro atoms. The molecule has 1 amide bonds. The van der Waals surface area contributed by atoms with Gasteiger partial charge in [0.1, 0.15) is 0 Å². The molecule has 0 bridgehead atoms. The van der Waals surface area contributed by atoms with Crippen molar-refractivity contribution < 1.29 is 15.0 Å². The minimum atomic E-state index is -0.873. The molecule has 0 aliphatic carbocycles. The maximum atomic E-state index is 12.3. The molecule has 0 aromatic heterocycles. The molecule has 0 fully saturated rings. The van der Waals surface area contributed by atoms with Crippen LogP contribution < -0.4 is 5.32 Å². The summed E-state index contributed by atoms with van der Waals surface area (Å²) in [5, 5.41) is 22.9. The summed E-state index contributed by atoms with van der Waals surface area (Å²) in [6, 6.07) is -0.649. The second-order valence-electron chi connectivity index (χ2n) is 15.1. The van der Waals surface area contributed by atoms with Gasteiger partial charge >= 0.3 is 0 Å². The van der Waals surface area contributed by atoms with Gasteiger partial charge in [-0.2, -0.15) is 0 Å². The average molecular weight is 714 g/mol. The Hall–Kier alpha value is -1.65. The van der Waals surface area contributed by atoms with Crippen molar-refractivity contribution in [3.63, 3.8) is 0 Å². The second-order valence-corrected chi connectivity index (χ2v) is 15.1. The predicted molar refractivity (Wildman–Crippen MR) is 225 cm³/mol. The van der Waals surface area contributed by atoms with Crippen molar-refractivity contribution in [3.8, 4) is 0 Å². The molecule has 3 N–H and O–H groups in total. The monoisotopic (exact) mass is 714 g/mol. The smallest absolute Gasteiger partial charge is 0.220 e. The lowest BCUT2D eigenvalue weighted by Gasteiger charge is -2.19. The number of carbonyl (C=O) groups excluding carboxylic acids is 1. The zero-order valence-electron chi connectivity index (χ0n) is 34.1. The molecule has 0 saturated heterocycles. The molecular formula is C47H87NO3. The minimum Gasteiger partial charge on any atom is -0.394 e. The Morgan fingerprint density at radius 1 is 0.451 bits per heavy atom. The molecule has 0 radical (unpaired) electrons. The normalized spacial score (nSPS) is 13.4. The number of allylic oxidation sites excluding steroid dienone is 7. The van der Waals surface area contributed by atoms with E-state index < -0.39 is 12.1 Å². The van der Waals surface area contributed by atoms with Crippen molar-refractivity contribution in [3.05, 3.63) is 48.6 Å². The molecule has 0 saturated carbocycles. The van der Waals surface area contributed by atoms with E-state index in [2.05, 4.69) is 55.6 Å². The first kappa shape index (κ1) is 49.4. The summed E-state index contributed by atoms with van der Waals surface area (Å²) < 4.78 is 0. The summed E-state index contributed by atoms with van der Waals surface area (Å²) in [7, 11) is 0. The number of carbonyl (C=O) groups is 1. The molecule has 0 aromatic rings. The molecule has 2 atom stereocenters. The number of nitrogens with one attached hydrogen (secondary N) is 1. The maximum absolute atomic E-state index is 12.3. The lowest BCUT2D eigenvalue weighted by molar-refractivity contribution is -0.123. The van der Waals surface area contributed by atoms with E-state index in [0.29, 0.717) is 6.42 Å². The summed E-state index contributed by atoms with van der Waals surface area (Å²) in [6.45, 7) is 4.27. The Balaban J connectivity index is 3.62. The van der Waals surface area contributed by atoms with Gasteiger partial charge in [0.25, 0.3) is 0 Å². The van der Waals surface area contributed by atoms with Crippen LogP contribution >= 0.6 is 0 Å². The van der Waals surface area contributed by atoms with E-state index in [9.17, 15) is 15.0 Å². The first-order valence-corrected chi connectivity index (χ1v) is 22.4. The molecule has 298 valence electrons. The van der Waals surface area contributed by atoms with Gasteiger partial charge in [-0.25, -0.2) is 0 Å². The van der Waals surface area contributed by atoms with E-state index in [1.54, 1.807) is 6.08 Å². The fourth-order valence-electron chi connectivity index (χ4n) is 6.56. The summed E-state index contributed by atoms with van der Waals surface area (Å²) in [4.78, 5) is 12.3. The van der Waals surface area contributed by atoms with Crippen LogP contribution in [-0.4, -0.2) is 34.9 Å². The molecule has 0 heterocycles. The third kappa shape index (κ3) is 39.4. The third-order valence-electron chi connectivity index (χ3n) is 10.0. The van der Waals surface area contributed by atoms with Crippen molar-refractivity contribution in [1.29, 1.82) is 0 Å². The minimum absolute atomic E-state index is 0.0884. The Kier molecular flexibility index (Phi) is 41.4. The van der Waals surface area contributed by atoms with Crippen LogP contribution in [0.4, 0.5) is 0 Å². The Morgan fingerprint density at radius 3 is 1.16 bits per heavy atom. The molecule has 0 aromatic carbocycles. The summed E-state index contributed by atoms with van der Waals surface area (Å²) in [5.74, 6) is -0.0884. The van der Waals surface area contributed by atoms with Gasteiger partial charge in [-0.15, -0.1) is 0 Å². The van der Waals surface area contributed by atoms with E-state index in [4.69, 9.17) is 0 Å². The molecule has 0 aliphatic heterocycles. The van der Waals surface area contributed by atoms with Crippen LogP contribution in [0.15, 0.2) is 48.6 Å². The molecule has 0 rings (SSSR count). The van der Waals surface area contributed by atoms with Crippen LogP contribution in [0.3, 0.4) is 0 Å². The van der Waals surface area contributed by atoms with Gasteiger partial charge < -0.3 is 15.5 Å². The van der Waals surface area contributed by atoms with Crippen LogP contribution in [0, 0.1) is 0 Å². The fourth-order valence-corrected chi connectivity index (χ4v) is 6.56. The quantitative estimate of drug-likeness (QED) is 0.0437. The van der Waals surface area contributed by atoms with Gasteiger partial charge in [0, 0.05) is 6.42 Å². The van der Waals surface area contributed by atoms with Crippen LogP contribution in [0.1, 0.15) is 226 Å². The van der Waals surface area contributed by atoms with Crippen molar-refractivity contribution >= 4 is 5.91 Å². The lowest BCUT2D eigenvalue weighted by Crippen LogP contribution is -2.45. The molecule has 2 unspecified atom stereocenters. The SMILES string of the molecule is CCCCCC/C=C\CCCCCCCC(=O)NC(CO)C(O)/C=C/CC/C=C/CC/C=C/CCCCCCCCCCCCCCCCCC. The van der Waals surface area contributed by atoms with E-state index in [1.807, 2.05) is 6.08 Å². The summed E-state index contributed by atoms with van der Waals surface area (Å²) in [5.41, 5.74) is 0. The number of hydrogen-bond donors (Lipinski definition) is 3. The lowest BCUT2D eigenvalue weighted by atomic mass is 10.0. The second kappa shape index (κ2) is 42.8. The number of unbranched alkanes of at least 4 members (excludes halogenated alkanes) is 27. The number of amides is 1. The molecule has 4 heteroatoms. The Bertz CT molecular complexity index is 816. The zero-order chi connectivity index (χ0) is 37.1. The van der Waals surface area contributed by atoms with E-state index >= 15 is 0 Å². The molecule has 51 heavy (non-hydrogen) atoms. The van der Waals surface area contributed by atoms with E-state index in [-0.39, 0.29) is 12.5 Å². The van der Waals surface area contributed by atoms with Crippen molar-refractivity contribution in [2.24, 2.45) is 0 Å². The molecular weight excluding hydrogens is 627 g/mol. The van der Waals surface area contributed by atoms with Crippen molar-refractivity contribution in [2.45, 2.75) is 238 Å². The summed E-state index contributed by atoms with van der Waals surface area (Å²) in [6.07, 6.45) is 58.0. The topological polar surface area (TPSA) is 69.6 Å². The van der Waals surface area contributed by atoms with Crippen molar-refractivity contribution in [2.75, 3.05) is 6.61 Å². The van der Waals surface area contributed by atoms with Crippen LogP contribution in [0.2, 0.25) is 0 Å². The highest BCUT2D eigenvalue weighted by Gasteiger charge is 2.17. The van der Waals surface area contributed by atoms with Gasteiger partial charge in [0.05, 0.1) is 18.8 Å². The van der Waals surface area contributed by atoms with Crippen molar-refractivity contribution in [1.82, 2.24) is 5.32 Å². The third-order valence-corrected chi connectivity index (χ3v) is 10.0. The average Bonchev–Trinajstić information content (AvgIpc) is 3.13. The van der Waals surface area contributed by atoms with Gasteiger partial charge in [-0.1, -0.05) is 197 Å². The Labute approximate surface area is 318 Å². The zero-order valence-corrected chi connectivity index (χ0v) is 34.1. The van der Waals surface area contributed by atoms with Gasteiger partial charge in [0.15, 0.2) is 0 Å². The fraction of sp³-hybridized carbons (Fsp3) is 0.809. The number of aliphatic hydroxyl groups is 2. The van der Waals surface area contributed by atoms with Gasteiger partial charge in [-0.05, 0) is 70.6 Å². The maximum Gasteiger partial charge on any atom is 0.220 e. The number of aliphatic hydroxyl groups excluding tert-OH is 2. The highest BCUT2D eigenvalue weighted by molar-refractivity contribution is 5.76. The molecule has 4 nitrogen and oxygen atoms in total. The highest BCUT2D eigenvalue weighted by atomic mass is 16.3. The summed E-state index contributed by atoms with van der Waals surface area (Å²) >= 11 is 0.